The van der Waals surface area contributed by atoms with E-state index in [1.807, 2.05) is 0 Å². The van der Waals surface area contributed by atoms with Gasteiger partial charge in [0.2, 0.25) is 0 Å². The zero-order valence-corrected chi connectivity index (χ0v) is 9.35. The lowest BCUT2D eigenvalue weighted by Gasteiger charge is -2.22. The third-order valence-corrected chi connectivity index (χ3v) is 2.74. The number of nitrogens with zero attached hydrogens (tertiary/aromatic N) is 2. The summed E-state index contributed by atoms with van der Waals surface area (Å²) < 4.78 is 5.03. The maximum Gasteiger partial charge on any atom is 0.254 e. The molecule has 0 aliphatic carbocycles. The van der Waals surface area contributed by atoms with Gasteiger partial charge in [-0.25, -0.2) is 0 Å². The molecule has 1 unspecified atom stereocenters. The van der Waals surface area contributed by atoms with Gasteiger partial charge in [0.05, 0.1) is 11.7 Å². The van der Waals surface area contributed by atoms with E-state index in [1.54, 1.807) is 20.8 Å². The van der Waals surface area contributed by atoms with Gasteiger partial charge < -0.3 is 4.52 Å². The number of aromatic nitrogens is 1. The fraction of sp³-hybridized carbons (Fsp3) is 0.364. The van der Waals surface area contributed by atoms with Crippen molar-refractivity contribution >= 4 is 11.8 Å². The van der Waals surface area contributed by atoms with Crippen molar-refractivity contribution in [2.75, 3.05) is 0 Å². The van der Waals surface area contributed by atoms with Gasteiger partial charge in [-0.3, -0.25) is 14.5 Å². The standard InChI is InChI=1S/C11H12N2O3/c1-6-11(8(3)16-12-6)7(2)13-9(14)4-5-10(13)15/h4-5,7H,1-3H3. The number of amides is 2. The van der Waals surface area contributed by atoms with Crippen LogP contribution in [0.1, 0.15) is 30.0 Å². The molecule has 2 rings (SSSR count). The molecule has 16 heavy (non-hydrogen) atoms. The maximum atomic E-state index is 11.5. The van der Waals surface area contributed by atoms with E-state index in [0.717, 1.165) is 5.56 Å². The normalized spacial score (nSPS) is 17.3. The number of hydrogen-bond acceptors (Lipinski definition) is 4. The van der Waals surface area contributed by atoms with Crippen molar-refractivity contribution in [2.24, 2.45) is 0 Å². The third-order valence-electron chi connectivity index (χ3n) is 2.74. The van der Waals surface area contributed by atoms with Crippen LogP contribution >= 0.6 is 0 Å². The predicted molar refractivity (Wildman–Crippen MR) is 55.4 cm³/mol. The van der Waals surface area contributed by atoms with Crippen molar-refractivity contribution in [3.63, 3.8) is 0 Å². The van der Waals surface area contributed by atoms with E-state index < -0.39 is 0 Å². The van der Waals surface area contributed by atoms with Gasteiger partial charge in [-0.05, 0) is 20.8 Å². The van der Waals surface area contributed by atoms with Crippen LogP contribution in [0.4, 0.5) is 0 Å². The molecule has 2 amide bonds. The van der Waals surface area contributed by atoms with Crippen molar-refractivity contribution in [2.45, 2.75) is 26.8 Å². The molecule has 0 radical (unpaired) electrons. The van der Waals surface area contributed by atoms with Crippen molar-refractivity contribution in [1.29, 1.82) is 0 Å². The molecule has 0 saturated heterocycles. The monoisotopic (exact) mass is 220 g/mol. The summed E-state index contributed by atoms with van der Waals surface area (Å²) in [5.74, 6) is 0.0486. The zero-order chi connectivity index (χ0) is 11.9. The Labute approximate surface area is 92.7 Å². The molecule has 1 atom stereocenters. The summed E-state index contributed by atoms with van der Waals surface area (Å²) in [5, 5.41) is 3.81. The quantitative estimate of drug-likeness (QED) is 0.704. The van der Waals surface area contributed by atoms with Crippen molar-refractivity contribution in [3.05, 3.63) is 29.2 Å². The van der Waals surface area contributed by atoms with Gasteiger partial charge in [-0.1, -0.05) is 5.16 Å². The first kappa shape index (κ1) is 10.6. The van der Waals surface area contributed by atoms with Crippen LogP contribution in [0.3, 0.4) is 0 Å². The lowest BCUT2D eigenvalue weighted by molar-refractivity contribution is -0.139. The van der Waals surface area contributed by atoms with Gasteiger partial charge in [0.15, 0.2) is 0 Å². The highest BCUT2D eigenvalue weighted by Crippen LogP contribution is 2.28. The second-order valence-corrected chi connectivity index (χ2v) is 3.79. The molecule has 0 aromatic carbocycles. The van der Waals surface area contributed by atoms with Crippen LogP contribution in [0, 0.1) is 13.8 Å². The van der Waals surface area contributed by atoms with Crippen molar-refractivity contribution in [3.8, 4) is 0 Å². The number of imide groups is 1. The SMILES string of the molecule is Cc1noc(C)c1C(C)N1C(=O)C=CC1=O. The number of carbonyl (C=O) groups excluding carboxylic acids is 2. The van der Waals surface area contributed by atoms with E-state index in [-0.39, 0.29) is 17.9 Å². The Morgan fingerprint density at radius 1 is 1.25 bits per heavy atom. The molecule has 0 fully saturated rings. The number of carbonyl (C=O) groups is 2. The van der Waals surface area contributed by atoms with Gasteiger partial charge in [0, 0.05) is 17.7 Å². The van der Waals surface area contributed by atoms with E-state index in [1.165, 1.54) is 17.1 Å². The van der Waals surface area contributed by atoms with E-state index >= 15 is 0 Å². The third kappa shape index (κ3) is 1.44. The maximum absolute atomic E-state index is 11.5. The fourth-order valence-electron chi connectivity index (χ4n) is 2.01. The van der Waals surface area contributed by atoms with Crippen LogP contribution in [0.2, 0.25) is 0 Å². The minimum Gasteiger partial charge on any atom is -0.361 e. The van der Waals surface area contributed by atoms with Gasteiger partial charge in [0.25, 0.3) is 11.8 Å². The average molecular weight is 220 g/mol. The first-order chi connectivity index (χ1) is 7.52. The van der Waals surface area contributed by atoms with E-state index in [9.17, 15) is 9.59 Å². The largest absolute Gasteiger partial charge is 0.361 e. The second-order valence-electron chi connectivity index (χ2n) is 3.79. The Morgan fingerprint density at radius 2 is 1.81 bits per heavy atom. The smallest absolute Gasteiger partial charge is 0.254 e. The Kier molecular flexibility index (Phi) is 2.38. The Hall–Kier alpha value is -1.91. The molecule has 0 spiro atoms. The van der Waals surface area contributed by atoms with Crippen LogP contribution in [0.5, 0.6) is 0 Å². The Bertz CT molecular complexity index is 450. The summed E-state index contributed by atoms with van der Waals surface area (Å²) in [6.07, 6.45) is 2.55. The first-order valence-electron chi connectivity index (χ1n) is 5.00. The minimum absolute atomic E-state index is 0.294. The molecular weight excluding hydrogens is 208 g/mol. The summed E-state index contributed by atoms with van der Waals surface area (Å²) in [7, 11) is 0. The lowest BCUT2D eigenvalue weighted by atomic mass is 10.1. The summed E-state index contributed by atoms with van der Waals surface area (Å²) >= 11 is 0. The molecule has 2 heterocycles. The molecular formula is C11H12N2O3. The van der Waals surface area contributed by atoms with Crippen LogP contribution in [-0.4, -0.2) is 21.9 Å². The molecule has 1 aromatic heterocycles. The molecule has 0 N–H and O–H groups in total. The van der Waals surface area contributed by atoms with Crippen molar-refractivity contribution in [1.82, 2.24) is 10.1 Å². The highest BCUT2D eigenvalue weighted by Gasteiger charge is 2.32. The summed E-state index contributed by atoms with van der Waals surface area (Å²) in [5.41, 5.74) is 1.50. The fourth-order valence-corrected chi connectivity index (χ4v) is 2.01. The Morgan fingerprint density at radius 3 is 2.25 bits per heavy atom. The van der Waals surface area contributed by atoms with Crippen LogP contribution in [0.15, 0.2) is 16.7 Å². The zero-order valence-electron chi connectivity index (χ0n) is 9.35. The molecule has 5 nitrogen and oxygen atoms in total. The average Bonchev–Trinajstić information content (AvgIpc) is 2.71. The molecule has 1 aromatic rings. The summed E-state index contributed by atoms with van der Waals surface area (Å²) in [6, 6.07) is -0.346. The van der Waals surface area contributed by atoms with E-state index in [4.69, 9.17) is 4.52 Å². The second kappa shape index (κ2) is 3.59. The molecule has 0 saturated carbocycles. The molecule has 1 aliphatic rings. The van der Waals surface area contributed by atoms with E-state index in [0.29, 0.717) is 11.5 Å². The van der Waals surface area contributed by atoms with Gasteiger partial charge >= 0.3 is 0 Å². The number of aryl methyl sites for hydroxylation is 2. The predicted octanol–water partition coefficient (Wildman–Crippen LogP) is 1.28. The summed E-state index contributed by atoms with van der Waals surface area (Å²) in [6.45, 7) is 5.35. The molecule has 5 heteroatoms. The van der Waals surface area contributed by atoms with Crippen LogP contribution < -0.4 is 0 Å². The summed E-state index contributed by atoms with van der Waals surface area (Å²) in [4.78, 5) is 24.2. The van der Waals surface area contributed by atoms with Crippen molar-refractivity contribution < 1.29 is 14.1 Å². The molecule has 1 aliphatic heterocycles. The molecule has 84 valence electrons. The van der Waals surface area contributed by atoms with Crippen LogP contribution in [-0.2, 0) is 9.59 Å². The Balaban J connectivity index is 2.36. The number of hydrogen-bond donors (Lipinski definition) is 0. The first-order valence-corrected chi connectivity index (χ1v) is 5.00. The topological polar surface area (TPSA) is 63.4 Å². The molecule has 0 bridgehead atoms. The number of rotatable bonds is 2. The van der Waals surface area contributed by atoms with Gasteiger partial charge in [-0.2, -0.15) is 0 Å². The van der Waals surface area contributed by atoms with Gasteiger partial charge in [0.1, 0.15) is 5.76 Å². The van der Waals surface area contributed by atoms with Gasteiger partial charge in [-0.15, -0.1) is 0 Å². The minimum atomic E-state index is -0.346. The highest BCUT2D eigenvalue weighted by molar-refractivity contribution is 6.13. The highest BCUT2D eigenvalue weighted by atomic mass is 16.5. The van der Waals surface area contributed by atoms with Crippen LogP contribution in [0.25, 0.3) is 0 Å². The lowest BCUT2D eigenvalue weighted by Crippen LogP contribution is -2.33. The van der Waals surface area contributed by atoms with E-state index in [2.05, 4.69) is 5.16 Å².